The van der Waals surface area contributed by atoms with Crippen LogP contribution in [0.2, 0.25) is 0 Å². The van der Waals surface area contributed by atoms with E-state index in [1.54, 1.807) is 17.0 Å². The number of halogens is 3. The van der Waals surface area contributed by atoms with Crippen LogP contribution in [0.5, 0.6) is 5.88 Å². The number of amides is 1. The van der Waals surface area contributed by atoms with E-state index in [1.807, 2.05) is 13.0 Å². The summed E-state index contributed by atoms with van der Waals surface area (Å²) in [6, 6.07) is 7.25. The van der Waals surface area contributed by atoms with Crippen LogP contribution in [0, 0.1) is 6.92 Å². The molecule has 2 aromatic rings. The highest BCUT2D eigenvalue weighted by atomic mass is 19.4. The summed E-state index contributed by atoms with van der Waals surface area (Å²) in [7, 11) is 0. The molecule has 1 fully saturated rings. The molecule has 1 aliphatic rings. The van der Waals surface area contributed by atoms with Crippen molar-refractivity contribution < 1.29 is 22.7 Å². The van der Waals surface area contributed by atoms with E-state index in [0.29, 0.717) is 12.2 Å². The Balaban J connectivity index is 1.66. The monoisotopic (exact) mass is 379 g/mol. The molecule has 2 aromatic heterocycles. The van der Waals surface area contributed by atoms with Gasteiger partial charge < -0.3 is 9.64 Å². The average molecular weight is 379 g/mol. The van der Waals surface area contributed by atoms with Gasteiger partial charge in [-0.05, 0) is 44.4 Å². The third-order valence-electron chi connectivity index (χ3n) is 4.48. The topological polar surface area (TPSA) is 55.3 Å². The van der Waals surface area contributed by atoms with Gasteiger partial charge in [0.2, 0.25) is 5.88 Å². The highest BCUT2D eigenvalue weighted by Crippen LogP contribution is 2.29. The van der Waals surface area contributed by atoms with Crippen LogP contribution in [-0.2, 0) is 6.18 Å². The van der Waals surface area contributed by atoms with Gasteiger partial charge in [0.05, 0.1) is 11.6 Å². The van der Waals surface area contributed by atoms with Gasteiger partial charge in [0.15, 0.2) is 0 Å². The number of hydrogen-bond acceptors (Lipinski definition) is 4. The van der Waals surface area contributed by atoms with E-state index < -0.39 is 11.7 Å². The van der Waals surface area contributed by atoms with Crippen molar-refractivity contribution in [3.05, 3.63) is 53.5 Å². The predicted molar refractivity (Wildman–Crippen MR) is 92.4 cm³/mol. The summed E-state index contributed by atoms with van der Waals surface area (Å²) in [5, 5.41) is 0. The van der Waals surface area contributed by atoms with Crippen LogP contribution >= 0.6 is 0 Å². The van der Waals surface area contributed by atoms with Gasteiger partial charge in [-0.2, -0.15) is 13.2 Å². The molecule has 1 saturated heterocycles. The lowest BCUT2D eigenvalue weighted by molar-refractivity contribution is -0.137. The van der Waals surface area contributed by atoms with Crippen LogP contribution in [-0.4, -0.2) is 40.0 Å². The summed E-state index contributed by atoms with van der Waals surface area (Å²) in [6.07, 6.45) is -1.07. The Morgan fingerprint density at radius 3 is 2.74 bits per heavy atom. The highest BCUT2D eigenvalue weighted by Gasteiger charge is 2.31. The molecule has 0 N–H and O–H groups in total. The molecule has 0 saturated carbocycles. The van der Waals surface area contributed by atoms with Gasteiger partial charge >= 0.3 is 6.18 Å². The normalized spacial score (nSPS) is 17.6. The summed E-state index contributed by atoms with van der Waals surface area (Å²) in [5.41, 5.74) is 0.323. The van der Waals surface area contributed by atoms with Gasteiger partial charge in [-0.3, -0.25) is 4.79 Å². The number of hydrogen-bond donors (Lipinski definition) is 0. The molecular formula is C19H20F3N3O2. The van der Waals surface area contributed by atoms with E-state index in [9.17, 15) is 18.0 Å². The van der Waals surface area contributed by atoms with Crippen molar-refractivity contribution in [2.75, 3.05) is 13.2 Å². The first-order chi connectivity index (χ1) is 12.8. The van der Waals surface area contributed by atoms with Crippen molar-refractivity contribution in [3.8, 4) is 5.88 Å². The van der Waals surface area contributed by atoms with E-state index in [2.05, 4.69) is 9.97 Å². The summed E-state index contributed by atoms with van der Waals surface area (Å²) in [6.45, 7) is 2.60. The molecule has 3 heterocycles. The molecule has 0 spiro atoms. The molecule has 3 rings (SSSR count). The number of likely N-dealkylation sites (tertiary alicyclic amines) is 1. The zero-order chi connectivity index (χ0) is 19.4. The van der Waals surface area contributed by atoms with E-state index in [1.165, 1.54) is 6.07 Å². The Kier molecular flexibility index (Phi) is 5.62. The Labute approximate surface area is 155 Å². The Bertz CT molecular complexity index is 794. The van der Waals surface area contributed by atoms with Gasteiger partial charge in [0.1, 0.15) is 12.3 Å². The number of carbonyl (C=O) groups is 1. The molecule has 1 unspecified atom stereocenters. The number of aromatic nitrogens is 2. The first-order valence-corrected chi connectivity index (χ1v) is 8.75. The van der Waals surface area contributed by atoms with Crippen LogP contribution in [0.4, 0.5) is 13.2 Å². The van der Waals surface area contributed by atoms with Crippen molar-refractivity contribution in [1.29, 1.82) is 0 Å². The molecule has 144 valence electrons. The van der Waals surface area contributed by atoms with Gasteiger partial charge in [0, 0.05) is 24.5 Å². The second-order valence-electron chi connectivity index (χ2n) is 6.51. The van der Waals surface area contributed by atoms with Crippen LogP contribution < -0.4 is 4.74 Å². The number of piperidine rings is 1. The minimum absolute atomic E-state index is 0.106. The SMILES string of the molecule is Cc1cccc(C(=O)N2CCCCC2COc2ccc(C(F)(F)F)cn2)n1. The zero-order valence-corrected chi connectivity index (χ0v) is 14.9. The van der Waals surface area contributed by atoms with Crippen molar-refractivity contribution >= 4 is 5.91 Å². The Hall–Kier alpha value is -2.64. The lowest BCUT2D eigenvalue weighted by Crippen LogP contribution is -2.47. The van der Waals surface area contributed by atoms with Crippen LogP contribution in [0.15, 0.2) is 36.5 Å². The van der Waals surface area contributed by atoms with E-state index in [0.717, 1.165) is 37.2 Å². The fourth-order valence-corrected chi connectivity index (χ4v) is 3.07. The van der Waals surface area contributed by atoms with Crippen molar-refractivity contribution in [2.45, 2.75) is 38.4 Å². The van der Waals surface area contributed by atoms with Gasteiger partial charge in [0.25, 0.3) is 5.91 Å². The molecule has 5 nitrogen and oxygen atoms in total. The van der Waals surface area contributed by atoms with Gasteiger partial charge in [-0.1, -0.05) is 6.07 Å². The molecule has 0 aliphatic carbocycles. The standard InChI is InChI=1S/C19H20F3N3O2/c1-13-5-4-7-16(24-13)18(26)25-10-3-2-6-15(25)12-27-17-9-8-14(11-23-17)19(20,21)22/h4-5,7-9,11,15H,2-3,6,10,12H2,1H3. The maximum atomic E-state index is 12.8. The van der Waals surface area contributed by atoms with Gasteiger partial charge in [-0.25, -0.2) is 9.97 Å². The number of ether oxygens (including phenoxy) is 1. The number of alkyl halides is 3. The summed E-state index contributed by atoms with van der Waals surface area (Å²) in [4.78, 5) is 22.5. The number of pyridine rings is 2. The van der Waals surface area contributed by atoms with Crippen LogP contribution in [0.1, 0.15) is 41.0 Å². The minimum Gasteiger partial charge on any atom is -0.475 e. The number of nitrogens with zero attached hydrogens (tertiary/aromatic N) is 3. The number of aryl methyl sites for hydroxylation is 1. The zero-order valence-electron chi connectivity index (χ0n) is 14.9. The summed E-state index contributed by atoms with van der Waals surface area (Å²) in [5.74, 6) is -0.0537. The molecule has 0 radical (unpaired) electrons. The lowest BCUT2D eigenvalue weighted by Gasteiger charge is -2.35. The van der Waals surface area contributed by atoms with Gasteiger partial charge in [-0.15, -0.1) is 0 Å². The second kappa shape index (κ2) is 7.94. The maximum Gasteiger partial charge on any atom is 0.417 e. The summed E-state index contributed by atoms with van der Waals surface area (Å²) < 4.78 is 43.3. The van der Waals surface area contributed by atoms with E-state index in [4.69, 9.17) is 4.74 Å². The molecule has 1 atom stereocenters. The van der Waals surface area contributed by atoms with Crippen molar-refractivity contribution in [2.24, 2.45) is 0 Å². The minimum atomic E-state index is -4.43. The smallest absolute Gasteiger partial charge is 0.417 e. The predicted octanol–water partition coefficient (Wildman–Crippen LogP) is 3.88. The molecule has 27 heavy (non-hydrogen) atoms. The maximum absolute atomic E-state index is 12.8. The first kappa shape index (κ1) is 19.1. The molecule has 1 aliphatic heterocycles. The quantitative estimate of drug-likeness (QED) is 0.809. The first-order valence-electron chi connectivity index (χ1n) is 8.75. The third kappa shape index (κ3) is 4.75. The lowest BCUT2D eigenvalue weighted by atomic mass is 10.0. The number of rotatable bonds is 4. The third-order valence-corrected chi connectivity index (χ3v) is 4.48. The Morgan fingerprint density at radius 1 is 1.26 bits per heavy atom. The molecule has 1 amide bonds. The van der Waals surface area contributed by atoms with Crippen LogP contribution in [0.3, 0.4) is 0 Å². The fourth-order valence-electron chi connectivity index (χ4n) is 3.07. The van der Waals surface area contributed by atoms with Crippen molar-refractivity contribution in [3.63, 3.8) is 0 Å². The molecule has 8 heteroatoms. The number of carbonyl (C=O) groups excluding carboxylic acids is 1. The molecular weight excluding hydrogens is 359 g/mol. The second-order valence-corrected chi connectivity index (χ2v) is 6.51. The van der Waals surface area contributed by atoms with E-state index >= 15 is 0 Å². The van der Waals surface area contributed by atoms with Crippen LogP contribution in [0.25, 0.3) is 0 Å². The fraction of sp³-hybridized carbons (Fsp3) is 0.421. The summed E-state index contributed by atoms with van der Waals surface area (Å²) >= 11 is 0. The van der Waals surface area contributed by atoms with E-state index in [-0.39, 0.29) is 24.4 Å². The molecule has 0 aromatic carbocycles. The molecule has 0 bridgehead atoms. The van der Waals surface area contributed by atoms with Crippen molar-refractivity contribution in [1.82, 2.24) is 14.9 Å². The Morgan fingerprint density at radius 2 is 2.07 bits per heavy atom. The largest absolute Gasteiger partial charge is 0.475 e. The highest BCUT2D eigenvalue weighted by molar-refractivity contribution is 5.92. The average Bonchev–Trinajstić information content (AvgIpc) is 2.66.